The van der Waals surface area contributed by atoms with E-state index < -0.39 is 0 Å². The maximum Gasteiger partial charge on any atom is 0.0691 e. The summed E-state index contributed by atoms with van der Waals surface area (Å²) >= 11 is 0. The van der Waals surface area contributed by atoms with Crippen LogP contribution in [0.5, 0.6) is 0 Å². The van der Waals surface area contributed by atoms with E-state index in [1.807, 2.05) is 0 Å². The predicted molar refractivity (Wildman–Crippen MR) is 81.6 cm³/mol. The van der Waals surface area contributed by atoms with Crippen LogP contribution in [0.3, 0.4) is 0 Å². The Labute approximate surface area is 123 Å². The standard InChI is InChI=1S/C16H31N3O/c1-11-8-19(9-13(11)18(4)5)10-16(17)12-6-7-20-14(12)15(16,2)3/h11-14H,6-10,17H2,1-5H3. The molecule has 3 fully saturated rings. The molecule has 2 heterocycles. The molecule has 4 heteroatoms. The first-order valence-corrected chi connectivity index (χ1v) is 8.06. The smallest absolute Gasteiger partial charge is 0.0691 e. The zero-order valence-corrected chi connectivity index (χ0v) is 13.7. The van der Waals surface area contributed by atoms with Gasteiger partial charge >= 0.3 is 0 Å². The number of ether oxygens (including phenoxy) is 1. The van der Waals surface area contributed by atoms with Gasteiger partial charge in [-0.25, -0.2) is 0 Å². The molecule has 5 unspecified atom stereocenters. The highest BCUT2D eigenvalue weighted by Crippen LogP contribution is 2.58. The van der Waals surface area contributed by atoms with E-state index in [0.717, 1.165) is 32.0 Å². The van der Waals surface area contributed by atoms with Gasteiger partial charge in [0.15, 0.2) is 0 Å². The van der Waals surface area contributed by atoms with Crippen LogP contribution in [0, 0.1) is 17.3 Å². The van der Waals surface area contributed by atoms with Crippen LogP contribution in [0.15, 0.2) is 0 Å². The van der Waals surface area contributed by atoms with Gasteiger partial charge in [-0.05, 0) is 26.4 Å². The summed E-state index contributed by atoms with van der Waals surface area (Å²) < 4.78 is 5.90. The summed E-state index contributed by atoms with van der Waals surface area (Å²) in [5.74, 6) is 1.29. The van der Waals surface area contributed by atoms with Crippen LogP contribution in [0.1, 0.15) is 27.2 Å². The molecule has 116 valence electrons. The zero-order chi connectivity index (χ0) is 14.7. The van der Waals surface area contributed by atoms with E-state index in [0.29, 0.717) is 18.1 Å². The third-order valence-corrected chi connectivity index (χ3v) is 6.46. The quantitative estimate of drug-likeness (QED) is 0.838. The molecule has 0 radical (unpaired) electrons. The SMILES string of the molecule is CC1CN(CC2(N)C3CCOC3C2(C)C)CC1N(C)C. The molecular weight excluding hydrogens is 250 g/mol. The van der Waals surface area contributed by atoms with E-state index in [1.54, 1.807) is 0 Å². The molecule has 0 bridgehead atoms. The van der Waals surface area contributed by atoms with Crippen molar-refractivity contribution < 1.29 is 4.74 Å². The molecule has 2 N–H and O–H groups in total. The lowest BCUT2D eigenvalue weighted by molar-refractivity contribution is -0.162. The molecule has 1 aliphatic carbocycles. The normalized spacial score (nSPS) is 47.5. The van der Waals surface area contributed by atoms with Gasteiger partial charge in [0.2, 0.25) is 0 Å². The van der Waals surface area contributed by atoms with Crippen molar-refractivity contribution >= 4 is 0 Å². The second-order valence-corrected chi connectivity index (χ2v) is 8.15. The van der Waals surface area contributed by atoms with Crippen LogP contribution < -0.4 is 5.73 Å². The monoisotopic (exact) mass is 281 g/mol. The molecule has 4 nitrogen and oxygen atoms in total. The molecule has 0 amide bonds. The number of nitrogens with two attached hydrogens (primary N) is 1. The lowest BCUT2D eigenvalue weighted by atomic mass is 9.48. The summed E-state index contributed by atoms with van der Waals surface area (Å²) in [7, 11) is 4.38. The Morgan fingerprint density at radius 1 is 1.30 bits per heavy atom. The predicted octanol–water partition coefficient (Wildman–Crippen LogP) is 1.01. The Balaban J connectivity index is 1.69. The Kier molecular flexibility index (Phi) is 3.45. The van der Waals surface area contributed by atoms with Crippen LogP contribution >= 0.6 is 0 Å². The first-order valence-electron chi connectivity index (χ1n) is 8.06. The molecule has 3 aliphatic rings. The Bertz CT molecular complexity index is 384. The second kappa shape index (κ2) is 4.67. The fraction of sp³-hybridized carbons (Fsp3) is 1.00. The Hall–Kier alpha value is -0.160. The largest absolute Gasteiger partial charge is 0.377 e. The number of hydrogen-bond donors (Lipinski definition) is 1. The van der Waals surface area contributed by atoms with Gasteiger partial charge in [0.25, 0.3) is 0 Å². The number of rotatable bonds is 3. The van der Waals surface area contributed by atoms with Crippen LogP contribution in [-0.4, -0.2) is 67.8 Å². The van der Waals surface area contributed by atoms with E-state index in [9.17, 15) is 0 Å². The number of likely N-dealkylation sites (N-methyl/N-ethyl adjacent to an activating group) is 1. The van der Waals surface area contributed by atoms with E-state index in [4.69, 9.17) is 10.5 Å². The second-order valence-electron chi connectivity index (χ2n) is 8.15. The summed E-state index contributed by atoms with van der Waals surface area (Å²) in [5.41, 5.74) is 6.91. The molecule has 0 spiro atoms. The number of likely N-dealkylation sites (tertiary alicyclic amines) is 1. The molecule has 20 heavy (non-hydrogen) atoms. The summed E-state index contributed by atoms with van der Waals surface area (Å²) in [6.45, 7) is 11.2. The molecular formula is C16H31N3O. The van der Waals surface area contributed by atoms with Crippen LogP contribution in [0.25, 0.3) is 0 Å². The third kappa shape index (κ3) is 1.88. The van der Waals surface area contributed by atoms with E-state index in [-0.39, 0.29) is 11.0 Å². The van der Waals surface area contributed by atoms with Crippen molar-refractivity contribution in [1.82, 2.24) is 9.80 Å². The highest BCUT2D eigenvalue weighted by molar-refractivity contribution is 5.22. The number of fused-ring (bicyclic) bond motifs is 1. The molecule has 2 aliphatic heterocycles. The minimum absolute atomic E-state index is 0.0743. The van der Waals surface area contributed by atoms with E-state index in [1.165, 1.54) is 6.54 Å². The molecule has 5 atom stereocenters. The van der Waals surface area contributed by atoms with Crippen molar-refractivity contribution in [1.29, 1.82) is 0 Å². The van der Waals surface area contributed by atoms with E-state index >= 15 is 0 Å². The van der Waals surface area contributed by atoms with Crippen molar-refractivity contribution in [2.45, 2.75) is 44.9 Å². The van der Waals surface area contributed by atoms with Gasteiger partial charge in [-0.15, -0.1) is 0 Å². The van der Waals surface area contributed by atoms with Gasteiger partial charge in [-0.1, -0.05) is 20.8 Å². The maximum atomic E-state index is 6.88. The highest BCUT2D eigenvalue weighted by Gasteiger charge is 2.67. The topological polar surface area (TPSA) is 41.7 Å². The Morgan fingerprint density at radius 3 is 2.60 bits per heavy atom. The molecule has 1 saturated carbocycles. The highest BCUT2D eigenvalue weighted by atomic mass is 16.5. The van der Waals surface area contributed by atoms with Crippen molar-refractivity contribution in [3.8, 4) is 0 Å². The first-order chi connectivity index (χ1) is 9.27. The summed E-state index contributed by atoms with van der Waals surface area (Å²) in [4.78, 5) is 4.95. The van der Waals surface area contributed by atoms with Crippen LogP contribution in [0.2, 0.25) is 0 Å². The van der Waals surface area contributed by atoms with Gasteiger partial charge in [0.1, 0.15) is 0 Å². The van der Waals surface area contributed by atoms with Gasteiger partial charge in [0.05, 0.1) is 6.10 Å². The fourth-order valence-electron chi connectivity index (χ4n) is 5.02. The van der Waals surface area contributed by atoms with Crippen LogP contribution in [-0.2, 0) is 4.74 Å². The summed E-state index contributed by atoms with van der Waals surface area (Å²) in [5, 5.41) is 0. The fourth-order valence-corrected chi connectivity index (χ4v) is 5.02. The molecule has 3 rings (SSSR count). The average Bonchev–Trinajstić information content (AvgIpc) is 2.94. The minimum Gasteiger partial charge on any atom is -0.377 e. The molecule has 0 aromatic carbocycles. The lowest BCUT2D eigenvalue weighted by Gasteiger charge is -2.63. The number of nitrogens with zero attached hydrogens (tertiary/aromatic N) is 2. The van der Waals surface area contributed by atoms with Crippen molar-refractivity contribution in [3.05, 3.63) is 0 Å². The molecule has 0 aromatic heterocycles. The van der Waals surface area contributed by atoms with Gasteiger partial charge < -0.3 is 15.4 Å². The zero-order valence-electron chi connectivity index (χ0n) is 13.7. The lowest BCUT2D eigenvalue weighted by Crippen LogP contribution is -2.78. The minimum atomic E-state index is -0.0743. The van der Waals surface area contributed by atoms with Crippen molar-refractivity contribution in [2.24, 2.45) is 23.0 Å². The van der Waals surface area contributed by atoms with E-state index in [2.05, 4.69) is 44.7 Å². The first kappa shape index (κ1) is 14.8. The van der Waals surface area contributed by atoms with Gasteiger partial charge in [-0.2, -0.15) is 0 Å². The maximum absolute atomic E-state index is 6.88. The van der Waals surface area contributed by atoms with Gasteiger partial charge in [0, 0.05) is 49.2 Å². The Morgan fingerprint density at radius 2 is 2.00 bits per heavy atom. The average molecular weight is 281 g/mol. The van der Waals surface area contributed by atoms with Crippen molar-refractivity contribution in [2.75, 3.05) is 40.3 Å². The molecule has 2 saturated heterocycles. The summed E-state index contributed by atoms with van der Waals surface area (Å²) in [6.07, 6.45) is 1.53. The third-order valence-electron chi connectivity index (χ3n) is 6.46. The van der Waals surface area contributed by atoms with Crippen molar-refractivity contribution in [3.63, 3.8) is 0 Å². The number of hydrogen-bond acceptors (Lipinski definition) is 4. The molecule has 0 aromatic rings. The van der Waals surface area contributed by atoms with Gasteiger partial charge in [-0.3, -0.25) is 4.90 Å². The van der Waals surface area contributed by atoms with Crippen LogP contribution in [0.4, 0.5) is 0 Å². The summed E-state index contributed by atoms with van der Waals surface area (Å²) in [6, 6.07) is 0.664.